The van der Waals surface area contributed by atoms with Crippen molar-refractivity contribution in [2.24, 2.45) is 0 Å². The van der Waals surface area contributed by atoms with Crippen LogP contribution in [-0.2, 0) is 0 Å². The van der Waals surface area contributed by atoms with E-state index in [1.165, 1.54) is 49.4 Å². The first-order valence-corrected chi connectivity index (χ1v) is 10.4. The predicted octanol–water partition coefficient (Wildman–Crippen LogP) is 4.17. The second-order valence-electron chi connectivity index (χ2n) is 7.41. The molecular weight excluding hydrogens is 462 g/mol. The lowest BCUT2D eigenvalue weighted by Crippen LogP contribution is -2.56. The maximum atomic E-state index is 13.6. The second-order valence-corrected chi connectivity index (χ2v) is 7.82. The van der Waals surface area contributed by atoms with E-state index in [0.29, 0.717) is 10.0 Å². The van der Waals surface area contributed by atoms with Crippen LogP contribution in [0, 0.1) is 10.1 Å². The number of rotatable bonds is 6. The molecule has 1 atom stereocenters. The number of ketones is 1. The Hall–Kier alpha value is -4.37. The van der Waals surface area contributed by atoms with Gasteiger partial charge in [-0.2, -0.15) is 5.01 Å². The first kappa shape index (κ1) is 22.8. The molecule has 1 heterocycles. The number of hydrogen-bond donors (Lipinski definition) is 0. The molecule has 0 N–H and O–H groups in total. The van der Waals surface area contributed by atoms with Gasteiger partial charge in [0, 0.05) is 11.6 Å². The van der Waals surface area contributed by atoms with Crippen LogP contribution in [0.2, 0.25) is 5.02 Å². The van der Waals surface area contributed by atoms with Gasteiger partial charge < -0.3 is 0 Å². The van der Waals surface area contributed by atoms with Gasteiger partial charge in [-0.3, -0.25) is 29.3 Å². The summed E-state index contributed by atoms with van der Waals surface area (Å²) in [4.78, 5) is 64.1. The summed E-state index contributed by atoms with van der Waals surface area (Å²) in [7, 11) is 0. The first-order chi connectivity index (χ1) is 16.2. The van der Waals surface area contributed by atoms with Crippen molar-refractivity contribution in [3.05, 3.63) is 110 Å². The molecule has 0 aliphatic carbocycles. The Kier molecular flexibility index (Phi) is 5.95. The van der Waals surface area contributed by atoms with Crippen molar-refractivity contribution in [3.8, 4) is 0 Å². The molecule has 0 fully saturated rings. The average Bonchev–Trinajstić information content (AvgIpc) is 3.09. The maximum absolute atomic E-state index is 13.6. The monoisotopic (exact) mass is 477 g/mol. The molecule has 0 aromatic heterocycles. The molecular formula is C24H16ClN3O6. The second kappa shape index (κ2) is 8.87. The fourth-order valence-corrected chi connectivity index (χ4v) is 3.97. The lowest BCUT2D eigenvalue weighted by Gasteiger charge is -2.34. The first-order valence-electron chi connectivity index (χ1n) is 10.1. The third-order valence-corrected chi connectivity index (χ3v) is 5.73. The zero-order valence-corrected chi connectivity index (χ0v) is 18.4. The van der Waals surface area contributed by atoms with Crippen molar-refractivity contribution >= 4 is 40.8 Å². The Morgan fingerprint density at radius 2 is 1.59 bits per heavy atom. The van der Waals surface area contributed by atoms with E-state index in [-0.39, 0.29) is 21.7 Å². The number of nitro benzene ring substituents is 1. The van der Waals surface area contributed by atoms with Crippen LogP contribution in [-0.4, -0.2) is 44.5 Å². The molecule has 0 unspecified atom stereocenters. The number of hydrogen-bond acceptors (Lipinski definition) is 6. The van der Waals surface area contributed by atoms with Crippen LogP contribution in [0.5, 0.6) is 0 Å². The number of benzene rings is 3. The number of hydrazine groups is 1. The van der Waals surface area contributed by atoms with Crippen molar-refractivity contribution in [1.82, 2.24) is 10.0 Å². The van der Waals surface area contributed by atoms with E-state index in [0.717, 1.165) is 6.07 Å². The van der Waals surface area contributed by atoms with Gasteiger partial charge in [0.15, 0.2) is 5.78 Å². The molecule has 3 amide bonds. The normalized spacial score (nSPS) is 13.4. The SMILES string of the molecule is C[C@@H](C(=O)c1ccccc1)N(C(=O)c1ccccc1Cl)N1C(=O)c2cccc([N+](=O)[O-])c2C1=O. The van der Waals surface area contributed by atoms with E-state index in [9.17, 15) is 29.3 Å². The van der Waals surface area contributed by atoms with Gasteiger partial charge in [0.2, 0.25) is 0 Å². The van der Waals surface area contributed by atoms with E-state index in [4.69, 9.17) is 11.6 Å². The summed E-state index contributed by atoms with van der Waals surface area (Å²) in [6, 6.07) is 16.3. The van der Waals surface area contributed by atoms with Gasteiger partial charge in [0.1, 0.15) is 11.6 Å². The van der Waals surface area contributed by atoms with Gasteiger partial charge in [0.05, 0.1) is 21.1 Å². The number of nitrogens with zero attached hydrogens (tertiary/aromatic N) is 3. The van der Waals surface area contributed by atoms with Crippen LogP contribution < -0.4 is 0 Å². The number of carbonyl (C=O) groups is 4. The number of carbonyl (C=O) groups excluding carboxylic acids is 4. The van der Waals surface area contributed by atoms with E-state index in [1.807, 2.05) is 0 Å². The highest BCUT2D eigenvalue weighted by Crippen LogP contribution is 2.33. The third-order valence-electron chi connectivity index (χ3n) is 5.40. The van der Waals surface area contributed by atoms with Crippen LogP contribution in [0.15, 0.2) is 72.8 Å². The molecule has 34 heavy (non-hydrogen) atoms. The minimum Gasteiger partial charge on any atom is -0.292 e. The van der Waals surface area contributed by atoms with Crippen LogP contribution in [0.3, 0.4) is 0 Å². The number of amides is 3. The van der Waals surface area contributed by atoms with Crippen molar-refractivity contribution < 1.29 is 24.1 Å². The topological polar surface area (TPSA) is 118 Å². The minimum absolute atomic E-state index is 0.0412. The van der Waals surface area contributed by atoms with Crippen LogP contribution >= 0.6 is 11.6 Å². The van der Waals surface area contributed by atoms with Gasteiger partial charge in [0.25, 0.3) is 23.4 Å². The zero-order chi connectivity index (χ0) is 24.6. The van der Waals surface area contributed by atoms with E-state index < -0.39 is 45.7 Å². The summed E-state index contributed by atoms with van der Waals surface area (Å²) >= 11 is 6.19. The van der Waals surface area contributed by atoms with Gasteiger partial charge in [-0.15, -0.1) is 0 Å². The molecule has 170 valence electrons. The molecule has 1 aliphatic rings. The number of imide groups is 1. The largest absolute Gasteiger partial charge is 0.292 e. The smallest absolute Gasteiger partial charge is 0.287 e. The molecule has 0 saturated carbocycles. The Bertz CT molecular complexity index is 1360. The molecule has 3 aromatic carbocycles. The number of fused-ring (bicyclic) bond motifs is 1. The summed E-state index contributed by atoms with van der Waals surface area (Å²) in [5.74, 6) is -3.48. The van der Waals surface area contributed by atoms with E-state index in [1.54, 1.807) is 24.3 Å². The number of halogens is 1. The average molecular weight is 478 g/mol. The molecule has 1 aliphatic heterocycles. The summed E-state index contributed by atoms with van der Waals surface area (Å²) in [6.07, 6.45) is 0. The van der Waals surface area contributed by atoms with E-state index in [2.05, 4.69) is 0 Å². The van der Waals surface area contributed by atoms with E-state index >= 15 is 0 Å². The van der Waals surface area contributed by atoms with Crippen molar-refractivity contribution in [2.45, 2.75) is 13.0 Å². The summed E-state index contributed by atoms with van der Waals surface area (Å²) in [5, 5.41) is 12.7. The van der Waals surface area contributed by atoms with Crippen molar-refractivity contribution in [1.29, 1.82) is 0 Å². The highest BCUT2D eigenvalue weighted by atomic mass is 35.5. The van der Waals surface area contributed by atoms with Crippen molar-refractivity contribution in [2.75, 3.05) is 0 Å². The number of Topliss-reactive ketones (excluding diaryl/α,β-unsaturated/α-hetero) is 1. The number of nitro groups is 1. The van der Waals surface area contributed by atoms with Gasteiger partial charge in [-0.05, 0) is 25.1 Å². The predicted molar refractivity (Wildman–Crippen MR) is 121 cm³/mol. The maximum Gasteiger partial charge on any atom is 0.287 e. The van der Waals surface area contributed by atoms with Crippen LogP contribution in [0.4, 0.5) is 5.69 Å². The highest BCUT2D eigenvalue weighted by Gasteiger charge is 2.48. The fraction of sp³-hybridized carbons (Fsp3) is 0.0833. The molecule has 3 aromatic rings. The van der Waals surface area contributed by atoms with Crippen LogP contribution in [0.25, 0.3) is 0 Å². The summed E-state index contributed by atoms with van der Waals surface area (Å²) in [6.45, 7) is 1.36. The fourth-order valence-electron chi connectivity index (χ4n) is 3.76. The van der Waals surface area contributed by atoms with Gasteiger partial charge in [-0.25, -0.2) is 5.01 Å². The Balaban J connectivity index is 1.86. The molecule has 0 spiro atoms. The molecule has 10 heteroatoms. The van der Waals surface area contributed by atoms with Gasteiger partial charge >= 0.3 is 0 Å². The highest BCUT2D eigenvalue weighted by molar-refractivity contribution is 6.34. The third kappa shape index (κ3) is 3.71. The Morgan fingerprint density at radius 3 is 2.24 bits per heavy atom. The van der Waals surface area contributed by atoms with Crippen LogP contribution in [0.1, 0.15) is 48.4 Å². The molecule has 4 rings (SSSR count). The lowest BCUT2D eigenvalue weighted by atomic mass is 10.0. The molecule has 0 radical (unpaired) electrons. The minimum atomic E-state index is -1.33. The zero-order valence-electron chi connectivity index (χ0n) is 17.7. The molecule has 0 saturated heterocycles. The van der Waals surface area contributed by atoms with Gasteiger partial charge in [-0.1, -0.05) is 60.1 Å². The summed E-state index contributed by atoms with van der Waals surface area (Å²) < 4.78 is 0. The Labute approximate surface area is 198 Å². The molecule has 9 nitrogen and oxygen atoms in total. The Morgan fingerprint density at radius 1 is 0.941 bits per heavy atom. The molecule has 0 bridgehead atoms. The summed E-state index contributed by atoms with van der Waals surface area (Å²) in [5.41, 5.74) is -1.08. The quantitative estimate of drug-likeness (QED) is 0.227. The van der Waals surface area contributed by atoms with Crippen molar-refractivity contribution in [3.63, 3.8) is 0 Å². The lowest BCUT2D eigenvalue weighted by molar-refractivity contribution is -0.385. The standard InChI is InChI=1S/C24H16ClN3O6/c1-14(21(29)15-8-3-2-4-9-15)26(22(30)16-10-5-6-12-18(16)25)27-23(31)17-11-7-13-19(28(33)34)20(17)24(27)32/h2-14H,1H3/t14-/m0/s1.